The van der Waals surface area contributed by atoms with E-state index in [9.17, 15) is 13.2 Å². The first-order chi connectivity index (χ1) is 12.6. The molecule has 1 unspecified atom stereocenters. The smallest absolute Gasteiger partial charge is 0.387 e. The highest BCUT2D eigenvalue weighted by Crippen LogP contribution is 2.32. The Kier molecular flexibility index (Phi) is 4.08. The first kappa shape index (κ1) is 16.2. The Morgan fingerprint density at radius 2 is 1.77 bits per heavy atom. The summed E-state index contributed by atoms with van der Waals surface area (Å²) in [5.41, 5.74) is 2.37. The monoisotopic (exact) mass is 358 g/mol. The Morgan fingerprint density at radius 1 is 1.04 bits per heavy atom. The number of alkyl halides is 2. The summed E-state index contributed by atoms with van der Waals surface area (Å²) in [5.74, 6) is 0.295. The van der Waals surface area contributed by atoms with Crippen LogP contribution in [0.4, 0.5) is 19.1 Å². The number of halogens is 3. The van der Waals surface area contributed by atoms with Crippen molar-refractivity contribution in [3.05, 3.63) is 77.9 Å². The highest BCUT2D eigenvalue weighted by molar-refractivity contribution is 5.77. The summed E-state index contributed by atoms with van der Waals surface area (Å²) in [6.45, 7) is -2.87. The third-order valence-electron chi connectivity index (χ3n) is 4.01. The number of hydrogen-bond donors (Lipinski definition) is 1. The molecular weight excluding hydrogens is 345 g/mol. The molecule has 0 aliphatic carbocycles. The number of anilines is 1. The maximum absolute atomic E-state index is 13.2. The second-order valence-electron chi connectivity index (χ2n) is 5.63. The van der Waals surface area contributed by atoms with Gasteiger partial charge in [0.25, 0.3) is 0 Å². The molecule has 4 rings (SSSR count). The number of hydrogen-bond acceptors (Lipinski definition) is 4. The minimum Gasteiger partial charge on any atom is -0.435 e. The average Bonchev–Trinajstić information content (AvgIpc) is 3.10. The van der Waals surface area contributed by atoms with Crippen LogP contribution >= 0.6 is 0 Å². The van der Waals surface area contributed by atoms with Gasteiger partial charge in [-0.15, -0.1) is 0 Å². The first-order valence-corrected chi connectivity index (χ1v) is 7.79. The Balaban J connectivity index is 1.70. The first-order valence-electron chi connectivity index (χ1n) is 7.79. The largest absolute Gasteiger partial charge is 0.435 e. The molecular formula is C18H13F3N4O. The van der Waals surface area contributed by atoms with Crippen molar-refractivity contribution in [3.8, 4) is 5.75 Å². The zero-order valence-corrected chi connectivity index (χ0v) is 13.3. The molecule has 0 amide bonds. The van der Waals surface area contributed by atoms with E-state index in [1.165, 1.54) is 30.6 Å². The summed E-state index contributed by atoms with van der Waals surface area (Å²) in [5, 5.41) is 7.37. The van der Waals surface area contributed by atoms with Crippen LogP contribution in [-0.4, -0.2) is 21.4 Å². The number of benzene rings is 2. The van der Waals surface area contributed by atoms with Crippen LogP contribution in [0.25, 0.3) is 5.70 Å². The SMILES string of the molecule is Fc1ccc(C2=CC(c3ccc(OC(F)F)cc3)n3ncnc3N2)cc1. The molecule has 1 N–H and O–H groups in total. The van der Waals surface area contributed by atoms with Gasteiger partial charge < -0.3 is 10.1 Å². The van der Waals surface area contributed by atoms with Crippen molar-refractivity contribution in [3.63, 3.8) is 0 Å². The maximum Gasteiger partial charge on any atom is 0.387 e. The summed E-state index contributed by atoms with van der Waals surface area (Å²) in [4.78, 5) is 4.18. The Bertz CT molecular complexity index is 936. The molecule has 132 valence electrons. The van der Waals surface area contributed by atoms with Crippen LogP contribution in [0.5, 0.6) is 5.75 Å². The molecule has 26 heavy (non-hydrogen) atoms. The second-order valence-corrected chi connectivity index (χ2v) is 5.63. The molecule has 0 saturated heterocycles. The van der Waals surface area contributed by atoms with Crippen molar-refractivity contribution in [1.82, 2.24) is 14.8 Å². The summed E-state index contributed by atoms with van der Waals surface area (Å²) < 4.78 is 43.9. The number of ether oxygens (including phenoxy) is 1. The van der Waals surface area contributed by atoms with E-state index in [0.29, 0.717) is 5.95 Å². The molecule has 1 aliphatic heterocycles. The number of nitrogens with zero attached hydrogens (tertiary/aromatic N) is 3. The lowest BCUT2D eigenvalue weighted by atomic mass is 10.0. The Hall–Kier alpha value is -3.29. The molecule has 0 radical (unpaired) electrons. The second kappa shape index (κ2) is 6.55. The van der Waals surface area contributed by atoms with Gasteiger partial charge >= 0.3 is 6.61 Å². The highest BCUT2D eigenvalue weighted by atomic mass is 19.3. The molecule has 2 heterocycles. The average molecular weight is 358 g/mol. The summed E-state index contributed by atoms with van der Waals surface area (Å²) in [7, 11) is 0. The van der Waals surface area contributed by atoms with Crippen LogP contribution in [0, 0.1) is 5.82 Å². The van der Waals surface area contributed by atoms with Crippen LogP contribution < -0.4 is 10.1 Å². The van der Waals surface area contributed by atoms with Gasteiger partial charge in [0.15, 0.2) is 0 Å². The molecule has 0 spiro atoms. The van der Waals surface area contributed by atoms with Crippen LogP contribution in [0.2, 0.25) is 0 Å². The fourth-order valence-corrected chi connectivity index (χ4v) is 2.82. The van der Waals surface area contributed by atoms with E-state index in [4.69, 9.17) is 0 Å². The number of allylic oxidation sites excluding steroid dienone is 1. The molecule has 8 heteroatoms. The number of fused-ring (bicyclic) bond motifs is 1. The molecule has 3 aromatic rings. The van der Waals surface area contributed by atoms with Gasteiger partial charge in [0, 0.05) is 5.70 Å². The summed E-state index contributed by atoms with van der Waals surface area (Å²) >= 11 is 0. The number of rotatable bonds is 4. The molecule has 0 bridgehead atoms. The Labute approximate surface area is 146 Å². The predicted octanol–water partition coefficient (Wildman–Crippen LogP) is 4.07. The van der Waals surface area contributed by atoms with Crippen LogP contribution in [0.15, 0.2) is 60.9 Å². The van der Waals surface area contributed by atoms with Crippen molar-refractivity contribution >= 4 is 11.6 Å². The van der Waals surface area contributed by atoms with Crippen LogP contribution in [0.1, 0.15) is 17.2 Å². The number of aromatic nitrogens is 3. The quantitative estimate of drug-likeness (QED) is 0.764. The lowest BCUT2D eigenvalue weighted by Crippen LogP contribution is -2.20. The van der Waals surface area contributed by atoms with E-state index in [1.54, 1.807) is 28.9 Å². The van der Waals surface area contributed by atoms with E-state index in [2.05, 4.69) is 20.1 Å². The van der Waals surface area contributed by atoms with Crippen molar-refractivity contribution in [1.29, 1.82) is 0 Å². The normalized spacial score (nSPS) is 16.0. The third kappa shape index (κ3) is 3.13. The van der Waals surface area contributed by atoms with E-state index >= 15 is 0 Å². The molecule has 1 aliphatic rings. The maximum atomic E-state index is 13.2. The third-order valence-corrected chi connectivity index (χ3v) is 4.01. The number of nitrogens with one attached hydrogen (secondary N) is 1. The predicted molar refractivity (Wildman–Crippen MR) is 89.2 cm³/mol. The van der Waals surface area contributed by atoms with Gasteiger partial charge in [-0.05, 0) is 53.6 Å². The van der Waals surface area contributed by atoms with Crippen molar-refractivity contribution < 1.29 is 17.9 Å². The van der Waals surface area contributed by atoms with Crippen LogP contribution in [-0.2, 0) is 0 Å². The summed E-state index contributed by atoms with van der Waals surface area (Å²) in [6, 6.07) is 12.1. The van der Waals surface area contributed by atoms with E-state index in [-0.39, 0.29) is 17.6 Å². The van der Waals surface area contributed by atoms with Gasteiger partial charge in [-0.1, -0.05) is 12.1 Å². The van der Waals surface area contributed by atoms with Crippen molar-refractivity contribution in [2.45, 2.75) is 12.7 Å². The summed E-state index contributed by atoms with van der Waals surface area (Å²) in [6.07, 6.45) is 3.34. The highest BCUT2D eigenvalue weighted by Gasteiger charge is 2.23. The van der Waals surface area contributed by atoms with Crippen LogP contribution in [0.3, 0.4) is 0 Å². The van der Waals surface area contributed by atoms with Gasteiger partial charge in [0.05, 0.1) is 0 Å². The fourth-order valence-electron chi connectivity index (χ4n) is 2.82. The van der Waals surface area contributed by atoms with Gasteiger partial charge in [-0.2, -0.15) is 18.9 Å². The Morgan fingerprint density at radius 3 is 2.46 bits per heavy atom. The lowest BCUT2D eigenvalue weighted by molar-refractivity contribution is -0.0498. The van der Waals surface area contributed by atoms with Gasteiger partial charge in [-0.3, -0.25) is 0 Å². The minimum absolute atomic E-state index is 0.0826. The van der Waals surface area contributed by atoms with E-state index in [1.807, 2.05) is 6.08 Å². The van der Waals surface area contributed by atoms with Gasteiger partial charge in [0.2, 0.25) is 5.95 Å². The van der Waals surface area contributed by atoms with Gasteiger partial charge in [0.1, 0.15) is 23.9 Å². The molecule has 0 saturated carbocycles. The zero-order chi connectivity index (χ0) is 18.1. The van der Waals surface area contributed by atoms with E-state index in [0.717, 1.165) is 16.8 Å². The van der Waals surface area contributed by atoms with Crippen molar-refractivity contribution in [2.75, 3.05) is 5.32 Å². The van der Waals surface area contributed by atoms with E-state index < -0.39 is 6.61 Å². The molecule has 1 aromatic heterocycles. The topological polar surface area (TPSA) is 52.0 Å². The lowest BCUT2D eigenvalue weighted by Gasteiger charge is -2.24. The molecule has 2 aromatic carbocycles. The minimum atomic E-state index is -2.87. The van der Waals surface area contributed by atoms with Crippen molar-refractivity contribution in [2.24, 2.45) is 0 Å². The molecule has 5 nitrogen and oxygen atoms in total. The zero-order valence-electron chi connectivity index (χ0n) is 13.3. The van der Waals surface area contributed by atoms with Gasteiger partial charge in [-0.25, -0.2) is 9.07 Å². The molecule has 0 fully saturated rings. The fraction of sp³-hybridized carbons (Fsp3) is 0.111. The standard InChI is InChI=1S/C18H13F3N4O/c19-13-5-1-11(2-6-13)15-9-16(25-18(24-15)22-10-23-25)12-3-7-14(8-4-12)26-17(20)21/h1-10,16-17H,(H,22,23,24). The molecule has 1 atom stereocenters.